The highest BCUT2D eigenvalue weighted by atomic mass is 16.5. The molecule has 176 valence electrons. The monoisotopic (exact) mass is 456 g/mol. The fraction of sp³-hybridized carbons (Fsp3) is 0.310. The molecule has 0 aliphatic carbocycles. The SMILES string of the molecule is CCC(=O)N1CCc2ccc(OCC(=O)NCc3cccc(C)c3)cc2[C@@H]1c1ccc(C)cc1. The number of hydrogen-bond donors (Lipinski definition) is 1. The topological polar surface area (TPSA) is 58.6 Å². The number of fused-ring (bicyclic) bond motifs is 1. The Balaban J connectivity index is 1.50. The van der Waals surface area contributed by atoms with E-state index in [0.717, 1.165) is 28.7 Å². The first kappa shape index (κ1) is 23.6. The van der Waals surface area contributed by atoms with Crippen molar-refractivity contribution in [2.24, 2.45) is 0 Å². The van der Waals surface area contributed by atoms with Gasteiger partial charge in [0, 0.05) is 19.5 Å². The molecule has 3 aromatic carbocycles. The van der Waals surface area contributed by atoms with E-state index in [9.17, 15) is 9.59 Å². The molecule has 0 unspecified atom stereocenters. The minimum atomic E-state index is -0.169. The highest BCUT2D eigenvalue weighted by molar-refractivity contribution is 5.78. The number of nitrogens with zero attached hydrogens (tertiary/aromatic N) is 1. The second-order valence-electron chi connectivity index (χ2n) is 8.92. The van der Waals surface area contributed by atoms with Crippen molar-refractivity contribution in [3.63, 3.8) is 0 Å². The Labute approximate surface area is 201 Å². The molecule has 5 nitrogen and oxygen atoms in total. The Morgan fingerprint density at radius 1 is 1.00 bits per heavy atom. The first-order valence-corrected chi connectivity index (χ1v) is 11.9. The summed E-state index contributed by atoms with van der Waals surface area (Å²) in [5.41, 5.74) is 6.76. The maximum Gasteiger partial charge on any atom is 0.258 e. The summed E-state index contributed by atoms with van der Waals surface area (Å²) in [6.07, 6.45) is 1.27. The lowest BCUT2D eigenvalue weighted by molar-refractivity contribution is -0.133. The van der Waals surface area contributed by atoms with Crippen LogP contribution in [0.5, 0.6) is 5.75 Å². The lowest BCUT2D eigenvalue weighted by atomic mass is 9.87. The molecule has 1 aliphatic rings. The maximum absolute atomic E-state index is 12.8. The zero-order valence-corrected chi connectivity index (χ0v) is 20.1. The number of benzene rings is 3. The van der Waals surface area contributed by atoms with Crippen LogP contribution in [0.2, 0.25) is 0 Å². The lowest BCUT2D eigenvalue weighted by Gasteiger charge is -2.38. The van der Waals surface area contributed by atoms with E-state index in [-0.39, 0.29) is 24.5 Å². The van der Waals surface area contributed by atoms with E-state index in [1.54, 1.807) is 0 Å². The molecule has 0 bridgehead atoms. The number of carbonyl (C=O) groups excluding carboxylic acids is 2. The van der Waals surface area contributed by atoms with E-state index in [2.05, 4.69) is 48.6 Å². The number of aryl methyl sites for hydroxylation is 2. The van der Waals surface area contributed by atoms with Gasteiger partial charge in [-0.3, -0.25) is 9.59 Å². The molecule has 34 heavy (non-hydrogen) atoms. The van der Waals surface area contributed by atoms with Crippen LogP contribution in [0.3, 0.4) is 0 Å². The summed E-state index contributed by atoms with van der Waals surface area (Å²) in [7, 11) is 0. The summed E-state index contributed by atoms with van der Waals surface area (Å²) in [4.78, 5) is 27.1. The molecule has 1 heterocycles. The third-order valence-electron chi connectivity index (χ3n) is 6.30. The molecular formula is C29H32N2O3. The van der Waals surface area contributed by atoms with E-state index >= 15 is 0 Å². The van der Waals surface area contributed by atoms with Gasteiger partial charge in [-0.05, 0) is 54.7 Å². The van der Waals surface area contributed by atoms with Crippen molar-refractivity contribution in [2.75, 3.05) is 13.2 Å². The Bertz CT molecular complexity index is 1170. The number of amides is 2. The molecule has 0 aromatic heterocycles. The van der Waals surface area contributed by atoms with Crippen LogP contribution >= 0.6 is 0 Å². The summed E-state index contributed by atoms with van der Waals surface area (Å²) >= 11 is 0. The summed E-state index contributed by atoms with van der Waals surface area (Å²) in [6, 6.07) is 22.2. The van der Waals surface area contributed by atoms with E-state index in [4.69, 9.17) is 4.74 Å². The molecule has 0 spiro atoms. The standard InChI is InChI=1S/C29H32N2O3/c1-4-28(33)31-15-14-23-12-13-25(17-26(23)29(31)24-10-8-20(2)9-11-24)34-19-27(32)30-18-22-7-5-6-21(3)16-22/h5-13,16-17,29H,4,14-15,18-19H2,1-3H3,(H,30,32)/t29-/m0/s1. The summed E-state index contributed by atoms with van der Waals surface area (Å²) in [5.74, 6) is 0.600. The highest BCUT2D eigenvalue weighted by Crippen LogP contribution is 2.37. The average molecular weight is 457 g/mol. The maximum atomic E-state index is 12.8. The van der Waals surface area contributed by atoms with Crippen molar-refractivity contribution < 1.29 is 14.3 Å². The average Bonchev–Trinajstić information content (AvgIpc) is 2.85. The first-order valence-electron chi connectivity index (χ1n) is 11.9. The molecule has 2 amide bonds. The molecule has 0 radical (unpaired) electrons. The molecule has 1 aliphatic heterocycles. The van der Waals surface area contributed by atoms with Gasteiger partial charge in [-0.1, -0.05) is 72.6 Å². The molecular weight excluding hydrogens is 424 g/mol. The van der Waals surface area contributed by atoms with E-state index < -0.39 is 0 Å². The van der Waals surface area contributed by atoms with Gasteiger partial charge in [-0.2, -0.15) is 0 Å². The number of ether oxygens (including phenoxy) is 1. The third kappa shape index (κ3) is 5.48. The van der Waals surface area contributed by atoms with Gasteiger partial charge in [0.2, 0.25) is 5.91 Å². The number of carbonyl (C=O) groups is 2. The van der Waals surface area contributed by atoms with Gasteiger partial charge in [0.1, 0.15) is 5.75 Å². The summed E-state index contributed by atoms with van der Waals surface area (Å²) in [5, 5.41) is 2.91. The largest absolute Gasteiger partial charge is 0.484 e. The number of rotatable bonds is 7. The predicted molar refractivity (Wildman–Crippen MR) is 134 cm³/mol. The van der Waals surface area contributed by atoms with Gasteiger partial charge < -0.3 is 15.0 Å². The zero-order valence-electron chi connectivity index (χ0n) is 20.1. The molecule has 5 heteroatoms. The van der Waals surface area contributed by atoms with Crippen LogP contribution in [0.25, 0.3) is 0 Å². The van der Waals surface area contributed by atoms with Crippen molar-refractivity contribution in [3.8, 4) is 5.75 Å². The van der Waals surface area contributed by atoms with Crippen molar-refractivity contribution in [1.82, 2.24) is 10.2 Å². The van der Waals surface area contributed by atoms with Crippen LogP contribution in [0.1, 0.15) is 52.8 Å². The highest BCUT2D eigenvalue weighted by Gasteiger charge is 2.31. The molecule has 0 saturated heterocycles. The molecule has 0 fully saturated rings. The van der Waals surface area contributed by atoms with E-state index in [1.165, 1.54) is 11.1 Å². The van der Waals surface area contributed by atoms with Gasteiger partial charge in [-0.15, -0.1) is 0 Å². The van der Waals surface area contributed by atoms with Gasteiger partial charge in [0.05, 0.1) is 6.04 Å². The molecule has 1 N–H and O–H groups in total. The smallest absolute Gasteiger partial charge is 0.258 e. The molecule has 3 aromatic rings. The van der Waals surface area contributed by atoms with Crippen molar-refractivity contribution in [1.29, 1.82) is 0 Å². The lowest BCUT2D eigenvalue weighted by Crippen LogP contribution is -2.40. The minimum Gasteiger partial charge on any atom is -0.484 e. The molecule has 4 rings (SSSR count). The summed E-state index contributed by atoms with van der Waals surface area (Å²) in [6.45, 7) is 7.10. The quantitative estimate of drug-likeness (QED) is 0.551. The van der Waals surface area contributed by atoms with Crippen LogP contribution < -0.4 is 10.1 Å². The van der Waals surface area contributed by atoms with E-state index in [1.807, 2.05) is 49.1 Å². The Morgan fingerprint density at radius 2 is 1.79 bits per heavy atom. The van der Waals surface area contributed by atoms with Gasteiger partial charge in [0.15, 0.2) is 6.61 Å². The van der Waals surface area contributed by atoms with Gasteiger partial charge in [0.25, 0.3) is 5.91 Å². The van der Waals surface area contributed by atoms with Crippen molar-refractivity contribution in [3.05, 3.63) is 100 Å². The third-order valence-corrected chi connectivity index (χ3v) is 6.30. The predicted octanol–water partition coefficient (Wildman–Crippen LogP) is 4.88. The summed E-state index contributed by atoms with van der Waals surface area (Å²) < 4.78 is 5.86. The van der Waals surface area contributed by atoms with Crippen LogP contribution in [-0.4, -0.2) is 29.9 Å². The van der Waals surface area contributed by atoms with Crippen LogP contribution in [0.15, 0.2) is 66.7 Å². The van der Waals surface area contributed by atoms with Crippen LogP contribution in [0.4, 0.5) is 0 Å². The number of nitrogens with one attached hydrogen (secondary N) is 1. The van der Waals surface area contributed by atoms with Crippen LogP contribution in [-0.2, 0) is 22.6 Å². The second kappa shape index (κ2) is 10.6. The Kier molecular flexibility index (Phi) is 7.31. The fourth-order valence-corrected chi connectivity index (χ4v) is 4.49. The minimum absolute atomic E-state index is 0.0581. The fourth-order valence-electron chi connectivity index (χ4n) is 4.49. The first-order chi connectivity index (χ1) is 16.4. The molecule has 0 saturated carbocycles. The van der Waals surface area contributed by atoms with Crippen molar-refractivity contribution >= 4 is 11.8 Å². The Morgan fingerprint density at radius 3 is 2.53 bits per heavy atom. The van der Waals surface area contributed by atoms with Gasteiger partial charge in [-0.25, -0.2) is 0 Å². The van der Waals surface area contributed by atoms with Crippen molar-refractivity contribution in [2.45, 2.75) is 46.2 Å². The zero-order chi connectivity index (χ0) is 24.1. The van der Waals surface area contributed by atoms with Gasteiger partial charge >= 0.3 is 0 Å². The number of hydrogen-bond acceptors (Lipinski definition) is 3. The van der Waals surface area contributed by atoms with Crippen LogP contribution in [0, 0.1) is 13.8 Å². The Hall–Kier alpha value is -3.60. The van der Waals surface area contributed by atoms with E-state index in [0.29, 0.717) is 25.3 Å². The normalized spacial score (nSPS) is 14.9. The molecule has 1 atom stereocenters. The second-order valence-corrected chi connectivity index (χ2v) is 8.92.